The summed E-state index contributed by atoms with van der Waals surface area (Å²) < 4.78 is 5.64. The zero-order valence-electron chi connectivity index (χ0n) is 19.3. The Morgan fingerprint density at radius 2 is 1.78 bits per heavy atom. The fourth-order valence-electron chi connectivity index (χ4n) is 7.03. The number of aliphatic hydroxyl groups is 1. The maximum atomic E-state index is 12.6. The Morgan fingerprint density at radius 1 is 1.00 bits per heavy atom. The summed E-state index contributed by atoms with van der Waals surface area (Å²) in [5.41, 5.74) is 3.30. The van der Waals surface area contributed by atoms with E-state index in [2.05, 4.69) is 58.3 Å². The van der Waals surface area contributed by atoms with Crippen LogP contribution in [0, 0.1) is 5.92 Å². The molecule has 4 nitrogen and oxygen atoms in total. The lowest BCUT2D eigenvalue weighted by Crippen LogP contribution is -2.71. The van der Waals surface area contributed by atoms with Crippen molar-refractivity contribution in [3.63, 3.8) is 0 Å². The third-order valence-corrected chi connectivity index (χ3v) is 9.00. The quantitative estimate of drug-likeness (QED) is 0.775. The molecule has 3 unspecified atom stereocenters. The first-order valence-electron chi connectivity index (χ1n) is 12.5. The SMILES string of the molecule is COc1ccc2c(c1)C13CCN(Cc4ccccc4)CCC1(O)C(C2)N(CC1CC1)CC3. The van der Waals surface area contributed by atoms with Gasteiger partial charge in [0.15, 0.2) is 0 Å². The average molecular weight is 433 g/mol. The third kappa shape index (κ3) is 3.30. The monoisotopic (exact) mass is 432 g/mol. The van der Waals surface area contributed by atoms with Crippen LogP contribution in [0.3, 0.4) is 0 Å². The first kappa shape index (κ1) is 20.7. The van der Waals surface area contributed by atoms with Crippen molar-refractivity contribution < 1.29 is 9.84 Å². The number of methoxy groups -OCH3 is 1. The van der Waals surface area contributed by atoms with Gasteiger partial charge in [-0.2, -0.15) is 0 Å². The van der Waals surface area contributed by atoms with E-state index < -0.39 is 5.60 Å². The van der Waals surface area contributed by atoms with E-state index >= 15 is 0 Å². The molecule has 1 N–H and O–H groups in total. The van der Waals surface area contributed by atoms with Gasteiger partial charge >= 0.3 is 0 Å². The highest BCUT2D eigenvalue weighted by molar-refractivity contribution is 5.48. The second-order valence-electron chi connectivity index (χ2n) is 10.7. The number of likely N-dealkylation sites (tertiary alicyclic amines) is 2. The second-order valence-corrected chi connectivity index (χ2v) is 10.7. The maximum absolute atomic E-state index is 12.6. The van der Waals surface area contributed by atoms with Crippen molar-refractivity contribution in [2.45, 2.75) is 62.1 Å². The summed E-state index contributed by atoms with van der Waals surface area (Å²) in [6, 6.07) is 17.7. The lowest BCUT2D eigenvalue weighted by molar-refractivity contribution is -0.149. The zero-order valence-corrected chi connectivity index (χ0v) is 19.3. The number of ether oxygens (including phenoxy) is 1. The van der Waals surface area contributed by atoms with Crippen molar-refractivity contribution >= 4 is 0 Å². The van der Waals surface area contributed by atoms with Gasteiger partial charge in [0, 0.05) is 31.1 Å². The molecule has 4 heteroatoms. The Labute approximate surface area is 192 Å². The molecular formula is C28H36N2O2. The molecule has 2 aromatic carbocycles. The number of hydrogen-bond donors (Lipinski definition) is 1. The standard InChI is InChI=1S/C28H36N2O2/c1-32-24-10-9-23-17-26-28(31)13-15-29(19-21-5-3-2-4-6-21)14-11-27(28,25(23)18-24)12-16-30(26)20-22-7-8-22/h2-6,9-10,18,22,26,31H,7-8,11-17,19-20H2,1H3. The van der Waals surface area contributed by atoms with Gasteiger partial charge in [0.2, 0.25) is 0 Å². The van der Waals surface area contributed by atoms with E-state index in [-0.39, 0.29) is 11.5 Å². The van der Waals surface area contributed by atoms with Gasteiger partial charge in [-0.25, -0.2) is 0 Å². The van der Waals surface area contributed by atoms with Gasteiger partial charge in [-0.1, -0.05) is 36.4 Å². The van der Waals surface area contributed by atoms with Gasteiger partial charge in [-0.15, -0.1) is 0 Å². The lowest BCUT2D eigenvalue weighted by Gasteiger charge is -2.61. The summed E-state index contributed by atoms with van der Waals surface area (Å²) in [6.07, 6.45) is 6.61. The van der Waals surface area contributed by atoms with Gasteiger partial charge in [0.25, 0.3) is 0 Å². The number of benzene rings is 2. The van der Waals surface area contributed by atoms with Crippen molar-refractivity contribution in [3.05, 3.63) is 65.2 Å². The Morgan fingerprint density at radius 3 is 2.56 bits per heavy atom. The third-order valence-electron chi connectivity index (χ3n) is 9.00. The van der Waals surface area contributed by atoms with E-state index in [0.717, 1.165) is 63.5 Å². The summed E-state index contributed by atoms with van der Waals surface area (Å²) in [7, 11) is 1.75. The van der Waals surface area contributed by atoms with E-state index in [0.29, 0.717) is 0 Å². The van der Waals surface area contributed by atoms with Crippen LogP contribution in [0.5, 0.6) is 5.75 Å². The normalized spacial score (nSPS) is 32.6. The highest BCUT2D eigenvalue weighted by Crippen LogP contribution is 2.56. The smallest absolute Gasteiger partial charge is 0.119 e. The van der Waals surface area contributed by atoms with Gasteiger partial charge in [0.05, 0.1) is 12.7 Å². The van der Waals surface area contributed by atoms with Crippen molar-refractivity contribution in [1.29, 1.82) is 0 Å². The fourth-order valence-corrected chi connectivity index (χ4v) is 7.03. The molecule has 170 valence electrons. The maximum Gasteiger partial charge on any atom is 0.119 e. The van der Waals surface area contributed by atoms with Crippen LogP contribution in [0.1, 0.15) is 48.8 Å². The molecule has 2 aliphatic heterocycles. The van der Waals surface area contributed by atoms with E-state index in [1.54, 1.807) is 7.11 Å². The molecule has 0 spiro atoms. The van der Waals surface area contributed by atoms with Crippen molar-refractivity contribution in [2.75, 3.05) is 33.3 Å². The number of hydrogen-bond acceptors (Lipinski definition) is 4. The van der Waals surface area contributed by atoms with Crippen LogP contribution in [0.25, 0.3) is 0 Å². The summed E-state index contributed by atoms with van der Waals surface area (Å²) in [5, 5.41) is 12.6. The van der Waals surface area contributed by atoms with E-state index in [4.69, 9.17) is 4.74 Å². The average Bonchev–Trinajstić information content (AvgIpc) is 3.64. The Bertz CT molecular complexity index is 975. The van der Waals surface area contributed by atoms with E-state index in [9.17, 15) is 5.11 Å². The predicted molar refractivity (Wildman–Crippen MR) is 127 cm³/mol. The Balaban J connectivity index is 1.38. The molecule has 2 bridgehead atoms. The minimum Gasteiger partial charge on any atom is -0.497 e. The second kappa shape index (κ2) is 7.86. The van der Waals surface area contributed by atoms with Crippen LogP contribution in [-0.4, -0.2) is 59.8 Å². The fraction of sp³-hybridized carbons (Fsp3) is 0.571. The highest BCUT2D eigenvalue weighted by atomic mass is 16.5. The van der Waals surface area contributed by atoms with Crippen LogP contribution in [0.2, 0.25) is 0 Å². The molecule has 2 aliphatic carbocycles. The number of rotatable bonds is 5. The summed E-state index contributed by atoms with van der Waals surface area (Å²) in [6.45, 7) is 5.24. The van der Waals surface area contributed by atoms with Crippen LogP contribution < -0.4 is 4.74 Å². The van der Waals surface area contributed by atoms with Gasteiger partial charge in [-0.3, -0.25) is 9.80 Å². The van der Waals surface area contributed by atoms with Crippen molar-refractivity contribution in [2.24, 2.45) is 5.92 Å². The predicted octanol–water partition coefficient (Wildman–Crippen LogP) is 4.00. The molecule has 2 heterocycles. The number of nitrogens with zero attached hydrogens (tertiary/aromatic N) is 2. The summed E-state index contributed by atoms with van der Waals surface area (Å²) in [4.78, 5) is 5.23. The molecule has 3 atom stereocenters. The first-order valence-corrected chi connectivity index (χ1v) is 12.5. The topological polar surface area (TPSA) is 35.9 Å². The summed E-state index contributed by atoms with van der Waals surface area (Å²) in [5.74, 6) is 1.77. The lowest BCUT2D eigenvalue weighted by atomic mass is 9.52. The summed E-state index contributed by atoms with van der Waals surface area (Å²) >= 11 is 0. The molecule has 2 aromatic rings. The minimum atomic E-state index is -0.676. The molecule has 32 heavy (non-hydrogen) atoms. The first-order chi connectivity index (χ1) is 15.6. The molecular weight excluding hydrogens is 396 g/mol. The Hall–Kier alpha value is -1.88. The molecule has 2 saturated heterocycles. The number of fused-ring (bicyclic) bond motifs is 1. The molecule has 0 aromatic heterocycles. The zero-order chi connectivity index (χ0) is 21.8. The van der Waals surface area contributed by atoms with Crippen LogP contribution >= 0.6 is 0 Å². The van der Waals surface area contributed by atoms with Crippen LogP contribution in [-0.2, 0) is 18.4 Å². The highest BCUT2D eigenvalue weighted by Gasteiger charge is 2.63. The van der Waals surface area contributed by atoms with Crippen molar-refractivity contribution in [1.82, 2.24) is 9.80 Å². The molecule has 0 amide bonds. The van der Waals surface area contributed by atoms with E-state index in [1.807, 2.05) is 0 Å². The van der Waals surface area contributed by atoms with E-state index in [1.165, 1.54) is 36.1 Å². The van der Waals surface area contributed by atoms with Crippen LogP contribution in [0.15, 0.2) is 48.5 Å². The van der Waals surface area contributed by atoms with Gasteiger partial charge in [0.1, 0.15) is 5.75 Å². The molecule has 3 fully saturated rings. The Kier molecular flexibility index (Phi) is 5.09. The van der Waals surface area contributed by atoms with Crippen LogP contribution in [0.4, 0.5) is 0 Å². The largest absolute Gasteiger partial charge is 0.497 e. The molecule has 4 aliphatic rings. The van der Waals surface area contributed by atoms with Gasteiger partial charge in [-0.05, 0) is 86.4 Å². The van der Waals surface area contributed by atoms with Crippen molar-refractivity contribution in [3.8, 4) is 5.75 Å². The van der Waals surface area contributed by atoms with Gasteiger partial charge < -0.3 is 9.84 Å². The molecule has 0 radical (unpaired) electrons. The minimum absolute atomic E-state index is 0.175. The molecule has 6 rings (SSSR count). The molecule has 1 saturated carbocycles. The number of piperidine rings is 1.